The molecule has 26 heavy (non-hydrogen) atoms. The molecule has 0 heterocycles. The molecule has 0 spiro atoms. The first kappa shape index (κ1) is 15.6. The van der Waals surface area contributed by atoms with Crippen molar-refractivity contribution in [1.82, 2.24) is 0 Å². The van der Waals surface area contributed by atoms with E-state index < -0.39 is 0 Å². The number of fused-ring (bicyclic) bond motifs is 3. The lowest BCUT2D eigenvalue weighted by Crippen LogP contribution is -2.15. The van der Waals surface area contributed by atoms with Crippen molar-refractivity contribution in [2.75, 3.05) is 11.1 Å². The predicted octanol–water partition coefficient (Wildman–Crippen LogP) is 3.60. The number of hydrogen-bond donors (Lipinski definition) is 2. The summed E-state index contributed by atoms with van der Waals surface area (Å²) < 4.78 is 0. The molecule has 5 nitrogen and oxygen atoms in total. The van der Waals surface area contributed by atoms with Gasteiger partial charge < -0.3 is 11.1 Å². The van der Waals surface area contributed by atoms with Gasteiger partial charge in [0.1, 0.15) is 0 Å². The van der Waals surface area contributed by atoms with Crippen LogP contribution >= 0.6 is 0 Å². The van der Waals surface area contributed by atoms with Crippen molar-refractivity contribution < 1.29 is 9.59 Å². The largest absolute Gasteiger partial charge is 0.397 e. The molecule has 0 fully saturated rings. The van der Waals surface area contributed by atoms with Crippen molar-refractivity contribution in [3.05, 3.63) is 82.9 Å². The highest BCUT2D eigenvalue weighted by Gasteiger charge is 2.30. The van der Waals surface area contributed by atoms with E-state index >= 15 is 0 Å². The fraction of sp³-hybridized carbons (Fsp3) is 0. The average molecular weight is 339 g/mol. The molecule has 1 aliphatic carbocycles. The number of nitrogens with one attached hydrogen (secondary N) is 1. The summed E-state index contributed by atoms with van der Waals surface area (Å²) >= 11 is 0. The number of benzene rings is 3. The standard InChI is InChI=1S/C21H13N3O2/c22-11-12-8-9-17(23)18(10-12)24-21(26)16-7-3-6-15-19(16)13-4-1-2-5-14(13)20(15)25/h1-10H,23H2,(H,24,26). The normalized spacial score (nSPS) is 11.4. The van der Waals surface area contributed by atoms with Gasteiger partial charge in [-0.05, 0) is 29.8 Å². The zero-order valence-electron chi connectivity index (χ0n) is 13.6. The fourth-order valence-corrected chi connectivity index (χ4v) is 3.19. The highest BCUT2D eigenvalue weighted by atomic mass is 16.1. The fourth-order valence-electron chi connectivity index (χ4n) is 3.19. The Morgan fingerprint density at radius 3 is 2.46 bits per heavy atom. The Labute approximate surface area is 149 Å². The van der Waals surface area contributed by atoms with Crippen molar-refractivity contribution in [2.24, 2.45) is 0 Å². The molecule has 0 aliphatic heterocycles. The Bertz CT molecular complexity index is 1130. The molecule has 0 unspecified atom stereocenters. The van der Waals surface area contributed by atoms with Crippen LogP contribution in [-0.4, -0.2) is 11.7 Å². The van der Waals surface area contributed by atoms with Gasteiger partial charge in [-0.2, -0.15) is 5.26 Å². The van der Waals surface area contributed by atoms with Crippen LogP contribution in [0, 0.1) is 11.3 Å². The summed E-state index contributed by atoms with van der Waals surface area (Å²) in [6.45, 7) is 0. The number of nitrogen functional groups attached to an aromatic ring is 1. The minimum Gasteiger partial charge on any atom is -0.397 e. The number of ketones is 1. The highest BCUT2D eigenvalue weighted by Crippen LogP contribution is 2.39. The van der Waals surface area contributed by atoms with Gasteiger partial charge in [0.25, 0.3) is 5.91 Å². The first-order valence-corrected chi connectivity index (χ1v) is 7.98. The zero-order chi connectivity index (χ0) is 18.3. The minimum atomic E-state index is -0.381. The van der Waals surface area contributed by atoms with Gasteiger partial charge in [-0.15, -0.1) is 0 Å². The van der Waals surface area contributed by atoms with Gasteiger partial charge in [0.15, 0.2) is 5.78 Å². The summed E-state index contributed by atoms with van der Waals surface area (Å²) in [4.78, 5) is 25.5. The van der Waals surface area contributed by atoms with Crippen LogP contribution in [0.3, 0.4) is 0 Å². The molecule has 4 rings (SSSR count). The van der Waals surface area contributed by atoms with Crippen LogP contribution in [0.1, 0.15) is 31.8 Å². The number of rotatable bonds is 2. The first-order chi connectivity index (χ1) is 12.6. The monoisotopic (exact) mass is 339 g/mol. The number of nitrogens with zero attached hydrogens (tertiary/aromatic N) is 1. The van der Waals surface area contributed by atoms with Crippen molar-refractivity contribution in [3.8, 4) is 17.2 Å². The Morgan fingerprint density at radius 1 is 0.962 bits per heavy atom. The SMILES string of the molecule is N#Cc1ccc(N)c(NC(=O)c2cccc3c2-c2ccccc2C3=O)c1. The molecule has 0 radical (unpaired) electrons. The van der Waals surface area contributed by atoms with E-state index in [2.05, 4.69) is 5.32 Å². The molecule has 0 bridgehead atoms. The first-order valence-electron chi connectivity index (χ1n) is 7.98. The van der Waals surface area contributed by atoms with Crippen LogP contribution in [0.25, 0.3) is 11.1 Å². The molecule has 5 heteroatoms. The van der Waals surface area contributed by atoms with Gasteiger partial charge in [0.05, 0.1) is 23.0 Å². The van der Waals surface area contributed by atoms with Gasteiger partial charge >= 0.3 is 0 Å². The maximum absolute atomic E-state index is 12.9. The summed E-state index contributed by atoms with van der Waals surface area (Å²) in [6, 6.07) is 19.0. The molecule has 0 saturated heterocycles. The Morgan fingerprint density at radius 2 is 1.69 bits per heavy atom. The quantitative estimate of drug-likeness (QED) is 0.545. The number of amides is 1. The molecule has 0 atom stereocenters. The smallest absolute Gasteiger partial charge is 0.256 e. The van der Waals surface area contributed by atoms with Crippen LogP contribution in [-0.2, 0) is 0 Å². The van der Waals surface area contributed by atoms with Gasteiger partial charge in [-0.1, -0.05) is 36.4 Å². The number of nitrogens with two attached hydrogens (primary N) is 1. The summed E-state index contributed by atoms with van der Waals surface area (Å²) in [6.07, 6.45) is 0. The maximum atomic E-state index is 12.9. The molecule has 1 aliphatic rings. The van der Waals surface area contributed by atoms with Crippen molar-refractivity contribution in [2.45, 2.75) is 0 Å². The maximum Gasteiger partial charge on any atom is 0.256 e. The summed E-state index contributed by atoms with van der Waals surface area (Å²) in [5, 5.41) is 11.8. The zero-order valence-corrected chi connectivity index (χ0v) is 13.6. The van der Waals surface area contributed by atoms with Crippen molar-refractivity contribution in [3.63, 3.8) is 0 Å². The molecular weight excluding hydrogens is 326 g/mol. The van der Waals surface area contributed by atoms with Crippen molar-refractivity contribution in [1.29, 1.82) is 5.26 Å². The number of carbonyl (C=O) groups is 2. The van der Waals surface area contributed by atoms with Gasteiger partial charge in [-0.3, -0.25) is 9.59 Å². The summed E-state index contributed by atoms with van der Waals surface area (Å²) in [5.74, 6) is -0.468. The van der Waals surface area contributed by atoms with E-state index in [4.69, 9.17) is 11.0 Å². The molecule has 3 N–H and O–H groups in total. The third-order valence-electron chi connectivity index (χ3n) is 4.43. The minimum absolute atomic E-state index is 0.0868. The van der Waals surface area contributed by atoms with E-state index in [0.717, 1.165) is 5.56 Å². The lowest BCUT2D eigenvalue weighted by Gasteiger charge is -2.11. The van der Waals surface area contributed by atoms with Crippen LogP contribution in [0.4, 0.5) is 11.4 Å². The second-order valence-electron chi connectivity index (χ2n) is 5.97. The number of hydrogen-bond acceptors (Lipinski definition) is 4. The average Bonchev–Trinajstić information content (AvgIpc) is 2.96. The number of carbonyl (C=O) groups excluding carboxylic acids is 2. The number of nitriles is 1. The van der Waals surface area contributed by atoms with Crippen LogP contribution < -0.4 is 11.1 Å². The third-order valence-corrected chi connectivity index (χ3v) is 4.43. The molecule has 124 valence electrons. The Balaban J connectivity index is 1.79. The number of anilines is 2. The molecular formula is C21H13N3O2. The van der Waals surface area contributed by atoms with E-state index in [-0.39, 0.29) is 11.7 Å². The Kier molecular flexibility index (Phi) is 3.52. The highest BCUT2D eigenvalue weighted by molar-refractivity contribution is 6.25. The Hall–Kier alpha value is -3.91. The van der Waals surface area contributed by atoms with E-state index in [9.17, 15) is 9.59 Å². The summed E-state index contributed by atoms with van der Waals surface area (Å²) in [5.41, 5.74) is 9.89. The molecule has 0 saturated carbocycles. The summed E-state index contributed by atoms with van der Waals surface area (Å²) in [7, 11) is 0. The molecule has 1 amide bonds. The lowest BCUT2D eigenvalue weighted by atomic mass is 9.99. The predicted molar refractivity (Wildman–Crippen MR) is 98.8 cm³/mol. The van der Waals surface area contributed by atoms with Crippen molar-refractivity contribution >= 4 is 23.1 Å². The van der Waals surface area contributed by atoms with E-state index in [1.54, 1.807) is 42.5 Å². The molecule has 3 aromatic carbocycles. The second-order valence-corrected chi connectivity index (χ2v) is 5.97. The molecule has 3 aromatic rings. The second kappa shape index (κ2) is 5.87. The van der Waals surface area contributed by atoms with Crippen LogP contribution in [0.15, 0.2) is 60.7 Å². The van der Waals surface area contributed by atoms with Gasteiger partial charge in [0.2, 0.25) is 0 Å². The van der Waals surface area contributed by atoms with E-state index in [1.807, 2.05) is 18.2 Å². The van der Waals surface area contributed by atoms with E-state index in [1.165, 1.54) is 6.07 Å². The lowest BCUT2D eigenvalue weighted by molar-refractivity contribution is 0.102. The molecule has 0 aromatic heterocycles. The van der Waals surface area contributed by atoms with Gasteiger partial charge in [0, 0.05) is 22.3 Å². The van der Waals surface area contributed by atoms with E-state index in [0.29, 0.717) is 39.2 Å². The van der Waals surface area contributed by atoms with Crippen LogP contribution in [0.5, 0.6) is 0 Å². The topological polar surface area (TPSA) is 96.0 Å². The van der Waals surface area contributed by atoms with Crippen LogP contribution in [0.2, 0.25) is 0 Å². The van der Waals surface area contributed by atoms with Gasteiger partial charge in [-0.25, -0.2) is 0 Å². The third kappa shape index (κ3) is 2.33.